The fourth-order valence-corrected chi connectivity index (χ4v) is 11.4. The number of rotatable bonds is 5. The zero-order chi connectivity index (χ0) is 26.0. The second kappa shape index (κ2) is 10.8. The maximum absolute atomic E-state index is 12.1. The molecule has 0 radical (unpaired) electrons. The summed E-state index contributed by atoms with van der Waals surface area (Å²) in [5.41, 5.74) is 0.381. The van der Waals surface area contributed by atoms with Crippen LogP contribution in [0.15, 0.2) is 12.7 Å². The highest BCUT2D eigenvalue weighted by molar-refractivity contribution is 5.66. The Morgan fingerprint density at radius 2 is 1.76 bits per heavy atom. The third-order valence-corrected chi connectivity index (χ3v) is 13.2. The van der Waals surface area contributed by atoms with Gasteiger partial charge in [-0.3, -0.25) is 9.69 Å². The molecule has 38 heavy (non-hydrogen) atoms. The lowest BCUT2D eigenvalue weighted by molar-refractivity contribution is -0.938. The van der Waals surface area contributed by atoms with Crippen molar-refractivity contribution in [3.8, 4) is 0 Å². The molecular weight excluding hydrogens is 540 g/mol. The first-order chi connectivity index (χ1) is 17.7. The van der Waals surface area contributed by atoms with Gasteiger partial charge >= 0.3 is 5.97 Å². The van der Waals surface area contributed by atoms with E-state index in [-0.39, 0.29) is 40.6 Å². The molecule has 0 amide bonds. The van der Waals surface area contributed by atoms with Gasteiger partial charge in [0.15, 0.2) is 0 Å². The molecular formula is C32H53BrN2O3. The summed E-state index contributed by atoms with van der Waals surface area (Å²) >= 11 is 0. The molecule has 0 aromatic rings. The Hall–Kier alpha value is -0.430. The summed E-state index contributed by atoms with van der Waals surface area (Å²) in [6.07, 6.45) is 15.6. The van der Waals surface area contributed by atoms with Crippen LogP contribution < -0.4 is 17.0 Å². The topological polar surface area (TPSA) is 49.8 Å². The zero-order valence-corrected chi connectivity index (χ0v) is 25.8. The van der Waals surface area contributed by atoms with Gasteiger partial charge in [-0.2, -0.15) is 0 Å². The van der Waals surface area contributed by atoms with Gasteiger partial charge in [-0.1, -0.05) is 20.4 Å². The lowest BCUT2D eigenvalue weighted by Gasteiger charge is -2.62. The minimum Gasteiger partial charge on any atom is -1.00 e. The van der Waals surface area contributed by atoms with Gasteiger partial charge in [-0.05, 0) is 99.6 Å². The van der Waals surface area contributed by atoms with Crippen LogP contribution in [0.1, 0.15) is 91.4 Å². The van der Waals surface area contributed by atoms with Crippen molar-refractivity contribution >= 4 is 5.97 Å². The first-order valence-electron chi connectivity index (χ1n) is 15.8. The molecule has 6 heteroatoms. The standard InChI is InChI=1S/C32H53N2O3.BrH/c1-5-16-34(17-8-9-18-34)28-20-26-24-11-10-23-19-29(37-22(2)35)27(33-14-6-7-15-33)21-32(23,4)25(24)12-13-31(26,3)30(28)36;/h5,23-30,36H,1,6-21H2,2-4H3;1H/q+1;/p-1/t23-,24+,25-,26-,27-,28-,29-,30-,31-,32-;/m0./s1. The van der Waals surface area contributed by atoms with Crippen molar-refractivity contribution in [3.63, 3.8) is 0 Å². The van der Waals surface area contributed by atoms with Crippen LogP contribution in [0.2, 0.25) is 0 Å². The highest BCUT2D eigenvalue weighted by Gasteiger charge is 2.66. The average molecular weight is 594 g/mol. The summed E-state index contributed by atoms with van der Waals surface area (Å²) < 4.78 is 7.12. The Morgan fingerprint density at radius 3 is 2.42 bits per heavy atom. The normalized spacial score (nSPS) is 47.9. The number of hydrogen-bond acceptors (Lipinski definition) is 4. The monoisotopic (exact) mass is 592 g/mol. The van der Waals surface area contributed by atoms with Crippen molar-refractivity contribution < 1.29 is 36.1 Å². The van der Waals surface area contributed by atoms with Crippen molar-refractivity contribution in [1.82, 2.24) is 4.90 Å². The second-order valence-corrected chi connectivity index (χ2v) is 14.7. The van der Waals surface area contributed by atoms with Gasteiger partial charge in [0.1, 0.15) is 18.2 Å². The lowest BCUT2D eigenvalue weighted by atomic mass is 9.44. The van der Waals surface area contributed by atoms with Crippen LogP contribution in [0.3, 0.4) is 0 Å². The molecule has 2 aliphatic heterocycles. The van der Waals surface area contributed by atoms with Gasteiger partial charge in [0.2, 0.25) is 0 Å². The number of esters is 1. The minimum absolute atomic E-state index is 0. The van der Waals surface area contributed by atoms with Crippen molar-refractivity contribution in [1.29, 1.82) is 0 Å². The average Bonchev–Trinajstić information content (AvgIpc) is 3.60. The van der Waals surface area contributed by atoms with E-state index in [2.05, 4.69) is 31.4 Å². The first-order valence-corrected chi connectivity index (χ1v) is 15.8. The number of halogens is 1. The quantitative estimate of drug-likeness (QED) is 0.302. The number of fused-ring (bicyclic) bond motifs is 5. The van der Waals surface area contributed by atoms with Crippen molar-refractivity contribution in [2.24, 2.45) is 34.5 Å². The van der Waals surface area contributed by atoms with Crippen molar-refractivity contribution in [2.45, 2.75) is 116 Å². The highest BCUT2D eigenvalue weighted by Crippen LogP contribution is 2.67. The van der Waals surface area contributed by atoms with Gasteiger partial charge in [0.25, 0.3) is 0 Å². The van der Waals surface area contributed by atoms with Crippen LogP contribution in [0, 0.1) is 34.5 Å². The van der Waals surface area contributed by atoms with Crippen LogP contribution in [-0.4, -0.2) is 77.5 Å². The molecule has 10 atom stereocenters. The molecule has 4 saturated carbocycles. The van der Waals surface area contributed by atoms with E-state index in [0.29, 0.717) is 29.3 Å². The summed E-state index contributed by atoms with van der Waals surface area (Å²) in [7, 11) is 0. The Bertz CT molecular complexity index is 886. The molecule has 6 aliphatic rings. The molecule has 6 rings (SSSR count). The minimum atomic E-state index is -0.181. The fourth-order valence-electron chi connectivity index (χ4n) is 11.4. The Labute approximate surface area is 242 Å². The highest BCUT2D eigenvalue weighted by atomic mass is 79.9. The number of aliphatic hydroxyl groups is 1. The van der Waals surface area contributed by atoms with Crippen LogP contribution in [0.4, 0.5) is 0 Å². The molecule has 0 unspecified atom stereocenters. The number of carbonyl (C=O) groups is 1. The molecule has 5 nitrogen and oxygen atoms in total. The molecule has 0 spiro atoms. The molecule has 1 N–H and O–H groups in total. The number of likely N-dealkylation sites (tertiary alicyclic amines) is 2. The number of nitrogens with zero attached hydrogens (tertiary/aromatic N) is 2. The molecule has 4 aliphatic carbocycles. The van der Waals surface area contributed by atoms with E-state index in [1.165, 1.54) is 77.3 Å². The molecule has 6 fully saturated rings. The van der Waals surface area contributed by atoms with E-state index in [1.54, 1.807) is 6.92 Å². The third-order valence-electron chi connectivity index (χ3n) is 13.2. The van der Waals surface area contributed by atoms with Crippen LogP contribution in [-0.2, 0) is 9.53 Å². The number of quaternary nitrogens is 1. The first kappa shape index (κ1) is 29.1. The molecule has 216 valence electrons. The largest absolute Gasteiger partial charge is 1.00 e. The van der Waals surface area contributed by atoms with Gasteiger partial charge in [-0.25, -0.2) is 0 Å². The van der Waals surface area contributed by atoms with Gasteiger partial charge in [-0.15, -0.1) is 0 Å². The van der Waals surface area contributed by atoms with Gasteiger partial charge < -0.3 is 31.3 Å². The Morgan fingerprint density at radius 1 is 1.05 bits per heavy atom. The molecule has 2 heterocycles. The van der Waals surface area contributed by atoms with E-state index in [4.69, 9.17) is 4.74 Å². The Balaban J connectivity index is 0.00000294. The number of hydrogen-bond donors (Lipinski definition) is 1. The second-order valence-electron chi connectivity index (χ2n) is 14.7. The maximum Gasteiger partial charge on any atom is 0.302 e. The number of aliphatic hydroxyl groups excluding tert-OH is 1. The fraction of sp³-hybridized carbons (Fsp3) is 0.906. The SMILES string of the molecule is C=CC[N+]1([C@H]2C[C@H]3[C@@H]4CC[C@H]5C[C@H](OC(C)=O)[C@@H](N6CCCC6)C[C@]5(C)[C@H]4CC[C@]3(C)[C@H]2O)CCCC1.[Br-]. The van der Waals surface area contributed by atoms with E-state index < -0.39 is 0 Å². The zero-order valence-electron chi connectivity index (χ0n) is 24.3. The summed E-state index contributed by atoms with van der Waals surface area (Å²) in [6.45, 7) is 16.6. The molecule has 2 saturated heterocycles. The van der Waals surface area contributed by atoms with Gasteiger partial charge in [0, 0.05) is 37.6 Å². The van der Waals surface area contributed by atoms with Gasteiger partial charge in [0.05, 0.1) is 19.6 Å². The predicted molar refractivity (Wildman–Crippen MR) is 147 cm³/mol. The van der Waals surface area contributed by atoms with Crippen LogP contribution >= 0.6 is 0 Å². The number of ether oxygens (including phenoxy) is 1. The summed E-state index contributed by atoms with van der Waals surface area (Å²) in [5, 5.41) is 12.0. The van der Waals surface area contributed by atoms with Crippen molar-refractivity contribution in [3.05, 3.63) is 12.7 Å². The summed E-state index contributed by atoms with van der Waals surface area (Å²) in [5.74, 6) is 2.66. The smallest absolute Gasteiger partial charge is 0.302 e. The molecule has 0 bridgehead atoms. The van der Waals surface area contributed by atoms with E-state index in [9.17, 15) is 9.90 Å². The number of carbonyl (C=O) groups excluding carboxylic acids is 1. The summed E-state index contributed by atoms with van der Waals surface area (Å²) in [6, 6.07) is 0.768. The maximum atomic E-state index is 12.1. The lowest BCUT2D eigenvalue weighted by Crippen LogP contribution is -3.00. The van der Waals surface area contributed by atoms with E-state index in [1.807, 2.05) is 0 Å². The van der Waals surface area contributed by atoms with E-state index >= 15 is 0 Å². The summed E-state index contributed by atoms with van der Waals surface area (Å²) in [4.78, 5) is 14.7. The predicted octanol–water partition coefficient (Wildman–Crippen LogP) is 2.18. The van der Waals surface area contributed by atoms with E-state index in [0.717, 1.165) is 42.4 Å². The van der Waals surface area contributed by atoms with Crippen LogP contribution in [0.25, 0.3) is 0 Å². The van der Waals surface area contributed by atoms with Crippen molar-refractivity contribution in [2.75, 3.05) is 32.7 Å². The molecule has 0 aromatic heterocycles. The third kappa shape index (κ3) is 4.47. The molecule has 0 aromatic carbocycles. The Kier molecular flexibility index (Phi) is 8.23. The van der Waals surface area contributed by atoms with Crippen LogP contribution in [0.5, 0.6) is 0 Å².